The summed E-state index contributed by atoms with van der Waals surface area (Å²) in [4.78, 5) is 23.1. The van der Waals surface area contributed by atoms with E-state index >= 15 is 0 Å². The van der Waals surface area contributed by atoms with E-state index < -0.39 is 12.5 Å². The minimum absolute atomic E-state index is 0.0781. The van der Waals surface area contributed by atoms with Crippen LogP contribution in [0.1, 0.15) is 15.9 Å². The number of ether oxygens (including phenoxy) is 2. The molecule has 0 aliphatic carbocycles. The second-order valence-corrected chi connectivity index (χ2v) is 5.27. The van der Waals surface area contributed by atoms with Crippen molar-refractivity contribution in [3.05, 3.63) is 59.7 Å². The fourth-order valence-corrected chi connectivity index (χ4v) is 2.17. The predicted molar refractivity (Wildman–Crippen MR) is 90.2 cm³/mol. The predicted octanol–water partition coefficient (Wildman–Crippen LogP) is 2.12. The summed E-state index contributed by atoms with van der Waals surface area (Å²) in [5, 5.41) is 2.67. The number of alkyl halides is 2. The van der Waals surface area contributed by atoms with Gasteiger partial charge in [0, 0.05) is 6.54 Å². The number of nitrogens with one attached hydrogen (secondary N) is 1. The lowest BCUT2D eigenvalue weighted by molar-refractivity contribution is -0.123. The van der Waals surface area contributed by atoms with Gasteiger partial charge >= 0.3 is 6.61 Å². The first-order valence-electron chi connectivity index (χ1n) is 7.78. The van der Waals surface area contributed by atoms with E-state index in [4.69, 9.17) is 10.5 Å². The zero-order valence-corrected chi connectivity index (χ0v) is 13.8. The Morgan fingerprint density at radius 1 is 1.08 bits per heavy atom. The molecule has 0 saturated heterocycles. The number of halogens is 2. The number of primary amides is 1. The molecule has 0 aromatic heterocycles. The smallest absolute Gasteiger partial charge is 0.387 e. The molecule has 0 unspecified atom stereocenters. The van der Waals surface area contributed by atoms with Gasteiger partial charge in [0.25, 0.3) is 11.8 Å². The third-order valence-corrected chi connectivity index (χ3v) is 3.40. The lowest BCUT2D eigenvalue weighted by Gasteiger charge is -2.10. The van der Waals surface area contributed by atoms with Crippen LogP contribution in [-0.2, 0) is 11.2 Å². The molecule has 8 heteroatoms. The van der Waals surface area contributed by atoms with E-state index in [1.807, 2.05) is 0 Å². The highest BCUT2D eigenvalue weighted by molar-refractivity contribution is 5.95. The Kier molecular flexibility index (Phi) is 6.90. The number of para-hydroxylation sites is 1. The van der Waals surface area contributed by atoms with E-state index in [1.54, 1.807) is 30.3 Å². The van der Waals surface area contributed by atoms with Crippen LogP contribution in [-0.4, -0.2) is 31.6 Å². The van der Waals surface area contributed by atoms with Crippen LogP contribution in [0, 0.1) is 0 Å². The molecular weight excluding hydrogens is 346 g/mol. The highest BCUT2D eigenvalue weighted by Crippen LogP contribution is 2.17. The third-order valence-electron chi connectivity index (χ3n) is 3.40. The standard InChI is InChI=1S/C18H18F2N2O4/c19-18(20)26-13-7-5-12(6-8-13)9-10-22-16(23)11-25-15-4-2-1-3-14(15)17(21)24/h1-8,18H,9-11H2,(H2,21,24)(H,22,23). The average molecular weight is 364 g/mol. The maximum atomic E-state index is 12.1. The minimum atomic E-state index is -2.86. The Morgan fingerprint density at radius 3 is 2.42 bits per heavy atom. The number of amides is 2. The van der Waals surface area contributed by atoms with E-state index in [-0.39, 0.29) is 29.6 Å². The van der Waals surface area contributed by atoms with Gasteiger partial charge in [0.2, 0.25) is 0 Å². The van der Waals surface area contributed by atoms with Gasteiger partial charge in [-0.2, -0.15) is 8.78 Å². The molecule has 0 spiro atoms. The molecule has 0 aliphatic rings. The molecule has 2 rings (SSSR count). The molecule has 2 aromatic carbocycles. The van der Waals surface area contributed by atoms with E-state index in [9.17, 15) is 18.4 Å². The first kappa shape index (κ1) is 19.2. The van der Waals surface area contributed by atoms with Gasteiger partial charge < -0.3 is 20.5 Å². The molecule has 138 valence electrons. The van der Waals surface area contributed by atoms with Crippen LogP contribution in [0.25, 0.3) is 0 Å². The molecule has 0 saturated carbocycles. The first-order chi connectivity index (χ1) is 12.5. The third kappa shape index (κ3) is 6.04. The van der Waals surface area contributed by atoms with E-state index in [1.165, 1.54) is 18.2 Å². The van der Waals surface area contributed by atoms with Crippen molar-refractivity contribution in [1.82, 2.24) is 5.32 Å². The summed E-state index contributed by atoms with van der Waals surface area (Å²) < 4.78 is 33.7. The molecule has 0 heterocycles. The molecule has 26 heavy (non-hydrogen) atoms. The largest absolute Gasteiger partial charge is 0.483 e. The molecule has 0 atom stereocenters. The van der Waals surface area contributed by atoms with Gasteiger partial charge in [-0.15, -0.1) is 0 Å². The average Bonchev–Trinajstić information content (AvgIpc) is 2.61. The summed E-state index contributed by atoms with van der Waals surface area (Å²) in [7, 11) is 0. The molecule has 0 radical (unpaired) electrons. The summed E-state index contributed by atoms with van der Waals surface area (Å²) in [6.07, 6.45) is 0.512. The van der Waals surface area contributed by atoms with Gasteiger partial charge in [-0.3, -0.25) is 9.59 Å². The zero-order chi connectivity index (χ0) is 18.9. The molecule has 2 aromatic rings. The highest BCUT2D eigenvalue weighted by atomic mass is 19.3. The molecule has 0 fully saturated rings. The maximum absolute atomic E-state index is 12.1. The number of carbonyl (C=O) groups is 2. The number of hydrogen-bond donors (Lipinski definition) is 2. The molecular formula is C18H18F2N2O4. The topological polar surface area (TPSA) is 90.7 Å². The van der Waals surface area contributed by atoms with Crippen LogP contribution in [0.5, 0.6) is 11.5 Å². The van der Waals surface area contributed by atoms with Crippen LogP contribution in [0.3, 0.4) is 0 Å². The molecule has 6 nitrogen and oxygen atoms in total. The Bertz CT molecular complexity index is 751. The van der Waals surface area contributed by atoms with Gasteiger partial charge in [-0.1, -0.05) is 24.3 Å². The maximum Gasteiger partial charge on any atom is 0.387 e. The lowest BCUT2D eigenvalue weighted by Crippen LogP contribution is -2.31. The van der Waals surface area contributed by atoms with Crippen molar-refractivity contribution in [3.8, 4) is 11.5 Å². The number of rotatable bonds is 9. The zero-order valence-electron chi connectivity index (χ0n) is 13.8. The highest BCUT2D eigenvalue weighted by Gasteiger charge is 2.10. The molecule has 0 bridgehead atoms. The van der Waals surface area contributed by atoms with E-state index in [0.29, 0.717) is 13.0 Å². The first-order valence-corrected chi connectivity index (χ1v) is 7.78. The van der Waals surface area contributed by atoms with Crippen LogP contribution in [0.15, 0.2) is 48.5 Å². The van der Waals surface area contributed by atoms with Crippen molar-refractivity contribution < 1.29 is 27.8 Å². The Morgan fingerprint density at radius 2 is 1.77 bits per heavy atom. The molecule has 2 amide bonds. The number of benzene rings is 2. The van der Waals surface area contributed by atoms with E-state index in [2.05, 4.69) is 10.1 Å². The summed E-state index contributed by atoms with van der Waals surface area (Å²) in [5.41, 5.74) is 6.29. The van der Waals surface area contributed by atoms with Gasteiger partial charge in [-0.05, 0) is 36.2 Å². The van der Waals surface area contributed by atoms with Crippen molar-refractivity contribution >= 4 is 11.8 Å². The summed E-state index contributed by atoms with van der Waals surface area (Å²) >= 11 is 0. The minimum Gasteiger partial charge on any atom is -0.483 e. The number of carbonyl (C=O) groups excluding carboxylic acids is 2. The summed E-state index contributed by atoms with van der Waals surface area (Å²) in [6, 6.07) is 12.5. The van der Waals surface area contributed by atoms with Crippen LogP contribution < -0.4 is 20.5 Å². The van der Waals surface area contributed by atoms with Crippen molar-refractivity contribution in [3.63, 3.8) is 0 Å². The molecule has 0 aliphatic heterocycles. The Labute approximate surface area is 148 Å². The number of hydrogen-bond acceptors (Lipinski definition) is 4. The second-order valence-electron chi connectivity index (χ2n) is 5.27. The second kappa shape index (κ2) is 9.36. The van der Waals surface area contributed by atoms with Crippen molar-refractivity contribution in [2.75, 3.05) is 13.2 Å². The summed E-state index contributed by atoms with van der Waals surface area (Å²) in [6.45, 7) is -2.78. The summed E-state index contributed by atoms with van der Waals surface area (Å²) in [5.74, 6) is -0.679. The quantitative estimate of drug-likeness (QED) is 0.713. The van der Waals surface area contributed by atoms with Crippen LogP contribution in [0.4, 0.5) is 8.78 Å². The van der Waals surface area contributed by atoms with Gasteiger partial charge in [-0.25, -0.2) is 0 Å². The fraction of sp³-hybridized carbons (Fsp3) is 0.222. The lowest BCUT2D eigenvalue weighted by atomic mass is 10.1. The van der Waals surface area contributed by atoms with E-state index in [0.717, 1.165) is 5.56 Å². The Balaban J connectivity index is 1.75. The van der Waals surface area contributed by atoms with Gasteiger partial charge in [0.05, 0.1) is 5.56 Å². The van der Waals surface area contributed by atoms with Crippen molar-refractivity contribution in [2.45, 2.75) is 13.0 Å². The fourth-order valence-electron chi connectivity index (χ4n) is 2.17. The Hall–Kier alpha value is -3.16. The van der Waals surface area contributed by atoms with Crippen LogP contribution in [0.2, 0.25) is 0 Å². The van der Waals surface area contributed by atoms with Crippen LogP contribution >= 0.6 is 0 Å². The van der Waals surface area contributed by atoms with Gasteiger partial charge in [0.15, 0.2) is 6.61 Å². The SMILES string of the molecule is NC(=O)c1ccccc1OCC(=O)NCCc1ccc(OC(F)F)cc1. The normalized spacial score (nSPS) is 10.4. The molecule has 3 N–H and O–H groups in total. The number of nitrogens with two attached hydrogens (primary N) is 1. The monoisotopic (exact) mass is 364 g/mol. The van der Waals surface area contributed by atoms with Gasteiger partial charge in [0.1, 0.15) is 11.5 Å². The van der Waals surface area contributed by atoms with Crippen molar-refractivity contribution in [1.29, 1.82) is 0 Å². The van der Waals surface area contributed by atoms with Crippen molar-refractivity contribution in [2.24, 2.45) is 5.73 Å².